The molecule has 158 valence electrons. The molecular weight excluding hydrogens is 413 g/mol. The van der Waals surface area contributed by atoms with Crippen LogP contribution in [0.5, 0.6) is 5.75 Å². The number of amides is 1. The summed E-state index contributed by atoms with van der Waals surface area (Å²) in [5, 5.41) is 5.92. The number of likely N-dealkylation sites (N-methyl/N-ethyl adjacent to an activating group) is 1. The maximum Gasteiger partial charge on any atom is 0.360 e. The van der Waals surface area contributed by atoms with Gasteiger partial charge in [0.2, 0.25) is 34.8 Å². The van der Waals surface area contributed by atoms with E-state index in [0.717, 1.165) is 0 Å². The molecule has 0 radical (unpaired) electrons. The minimum atomic E-state index is -2.36. The summed E-state index contributed by atoms with van der Waals surface area (Å²) in [6.45, 7) is 0.950. The van der Waals surface area contributed by atoms with Crippen LogP contribution in [0, 0.1) is 29.1 Å². The Kier molecular flexibility index (Phi) is 6.01. The van der Waals surface area contributed by atoms with Crippen molar-refractivity contribution in [2.45, 2.75) is 0 Å². The molecule has 0 aliphatic rings. The summed E-state index contributed by atoms with van der Waals surface area (Å²) < 4.78 is 71.4. The summed E-state index contributed by atoms with van der Waals surface area (Å²) in [4.78, 5) is 26.9. The van der Waals surface area contributed by atoms with E-state index in [1.54, 1.807) is 7.05 Å². The topological polar surface area (TPSA) is 83.2 Å². The van der Waals surface area contributed by atoms with Crippen molar-refractivity contribution in [3.8, 4) is 5.75 Å². The number of carbonyl (C=O) groups excluding carboxylic acids is 2. The molecule has 30 heavy (non-hydrogen) atoms. The minimum Gasteiger partial charge on any atom is -0.415 e. The molecule has 1 heterocycles. The number of esters is 1. The molecule has 3 aromatic rings. The monoisotopic (exact) mass is 427 g/mol. The molecule has 0 bridgehead atoms. The largest absolute Gasteiger partial charge is 0.415 e. The first-order valence-electron chi connectivity index (χ1n) is 8.53. The van der Waals surface area contributed by atoms with Gasteiger partial charge in [0.05, 0.1) is 0 Å². The highest BCUT2D eigenvalue weighted by Crippen LogP contribution is 2.30. The zero-order chi connectivity index (χ0) is 22.0. The molecule has 0 aliphatic carbocycles. The summed E-state index contributed by atoms with van der Waals surface area (Å²) in [7, 11) is 1.73. The van der Waals surface area contributed by atoms with Crippen molar-refractivity contribution in [2.24, 2.45) is 0 Å². The van der Waals surface area contributed by atoms with E-state index in [1.807, 2.05) is 0 Å². The van der Waals surface area contributed by atoms with Crippen LogP contribution in [0.2, 0.25) is 0 Å². The average molecular weight is 427 g/mol. The third kappa shape index (κ3) is 3.96. The van der Waals surface area contributed by atoms with Crippen LogP contribution in [0.4, 0.5) is 22.0 Å². The van der Waals surface area contributed by atoms with E-state index in [2.05, 4.69) is 20.4 Å². The molecule has 0 aliphatic heterocycles. The van der Waals surface area contributed by atoms with Crippen LogP contribution in [-0.2, 0) is 0 Å². The van der Waals surface area contributed by atoms with Gasteiger partial charge in [0.15, 0.2) is 0 Å². The lowest BCUT2D eigenvalue weighted by molar-refractivity contribution is 0.0710. The van der Waals surface area contributed by atoms with Gasteiger partial charge >= 0.3 is 5.97 Å². The Morgan fingerprint density at radius 1 is 0.933 bits per heavy atom. The fraction of sp³-hybridized carbons (Fsp3) is 0.158. The molecule has 6 nitrogen and oxygen atoms in total. The standard InChI is InChI=1S/C19H14F5N3O3/c1-25-4-5-26-18(28)8-2-3-10-9(6-8)7-11(27-10)19(29)30-17-15(23)13(21)12(20)14(22)16(17)24/h2-3,6-7,25,27H,4-5H2,1H3,(H,26,28). The second kappa shape index (κ2) is 8.49. The average Bonchev–Trinajstić information content (AvgIpc) is 3.17. The first-order valence-corrected chi connectivity index (χ1v) is 8.53. The van der Waals surface area contributed by atoms with Gasteiger partial charge in [-0.05, 0) is 31.3 Å². The summed E-state index contributed by atoms with van der Waals surface area (Å²) in [6.07, 6.45) is 0. The molecular formula is C19H14F5N3O3. The summed E-state index contributed by atoms with van der Waals surface area (Å²) in [5.74, 6) is -14.8. The molecule has 0 fully saturated rings. The molecule has 1 amide bonds. The van der Waals surface area contributed by atoms with E-state index in [9.17, 15) is 31.5 Å². The van der Waals surface area contributed by atoms with Gasteiger partial charge in [0.1, 0.15) is 5.69 Å². The van der Waals surface area contributed by atoms with E-state index in [-0.39, 0.29) is 17.2 Å². The number of aromatic nitrogens is 1. The summed E-state index contributed by atoms with van der Waals surface area (Å²) in [6, 6.07) is 5.63. The second-order valence-corrected chi connectivity index (χ2v) is 6.13. The van der Waals surface area contributed by atoms with Gasteiger partial charge in [0.25, 0.3) is 5.91 Å². The molecule has 1 aromatic heterocycles. The van der Waals surface area contributed by atoms with Gasteiger partial charge < -0.3 is 20.4 Å². The molecule has 0 saturated carbocycles. The number of carbonyl (C=O) groups is 2. The molecule has 0 spiro atoms. The Bertz CT molecular complexity index is 1120. The Hall–Kier alpha value is -3.47. The van der Waals surface area contributed by atoms with E-state index >= 15 is 0 Å². The van der Waals surface area contributed by atoms with Gasteiger partial charge in [-0.3, -0.25) is 4.79 Å². The quantitative estimate of drug-likeness (QED) is 0.141. The lowest BCUT2D eigenvalue weighted by Crippen LogP contribution is -2.30. The van der Waals surface area contributed by atoms with E-state index in [4.69, 9.17) is 0 Å². The van der Waals surface area contributed by atoms with Crippen LogP contribution in [0.1, 0.15) is 20.8 Å². The minimum absolute atomic E-state index is 0.289. The predicted octanol–water partition coefficient (Wildman–Crippen LogP) is 3.03. The Morgan fingerprint density at radius 2 is 1.57 bits per heavy atom. The summed E-state index contributed by atoms with van der Waals surface area (Å²) in [5.41, 5.74) is 0.352. The van der Waals surface area contributed by atoms with Crippen molar-refractivity contribution in [2.75, 3.05) is 20.1 Å². The van der Waals surface area contributed by atoms with Crippen molar-refractivity contribution in [1.29, 1.82) is 0 Å². The van der Waals surface area contributed by atoms with Crippen LogP contribution in [-0.4, -0.2) is 37.0 Å². The van der Waals surface area contributed by atoms with Crippen LogP contribution in [0.25, 0.3) is 10.9 Å². The van der Waals surface area contributed by atoms with Gasteiger partial charge in [-0.2, -0.15) is 8.78 Å². The van der Waals surface area contributed by atoms with Crippen molar-refractivity contribution >= 4 is 22.8 Å². The third-order valence-electron chi connectivity index (χ3n) is 4.13. The highest BCUT2D eigenvalue weighted by atomic mass is 19.2. The smallest absolute Gasteiger partial charge is 0.360 e. The number of rotatable bonds is 6. The van der Waals surface area contributed by atoms with Crippen molar-refractivity contribution in [1.82, 2.24) is 15.6 Å². The van der Waals surface area contributed by atoms with Gasteiger partial charge in [-0.15, -0.1) is 0 Å². The third-order valence-corrected chi connectivity index (χ3v) is 4.13. The zero-order valence-corrected chi connectivity index (χ0v) is 15.3. The molecule has 0 atom stereocenters. The fourth-order valence-corrected chi connectivity index (χ4v) is 2.61. The number of nitrogens with one attached hydrogen (secondary N) is 3. The van der Waals surface area contributed by atoms with E-state index < -0.39 is 40.8 Å². The van der Waals surface area contributed by atoms with Crippen LogP contribution in [0.3, 0.4) is 0 Å². The van der Waals surface area contributed by atoms with Gasteiger partial charge in [0, 0.05) is 29.6 Å². The van der Waals surface area contributed by atoms with Crippen LogP contribution >= 0.6 is 0 Å². The molecule has 2 aromatic carbocycles. The molecule has 0 saturated heterocycles. The number of hydrogen-bond acceptors (Lipinski definition) is 4. The number of benzene rings is 2. The molecule has 0 unspecified atom stereocenters. The van der Waals surface area contributed by atoms with Gasteiger partial charge in [-0.1, -0.05) is 0 Å². The number of ether oxygens (including phenoxy) is 1. The molecule has 3 rings (SSSR count). The Morgan fingerprint density at radius 3 is 2.20 bits per heavy atom. The lowest BCUT2D eigenvalue weighted by atomic mass is 10.1. The summed E-state index contributed by atoms with van der Waals surface area (Å²) >= 11 is 0. The van der Waals surface area contributed by atoms with Crippen LogP contribution in [0.15, 0.2) is 24.3 Å². The first kappa shape index (κ1) is 21.2. The normalized spacial score (nSPS) is 11.0. The fourth-order valence-electron chi connectivity index (χ4n) is 2.61. The number of halogens is 5. The zero-order valence-electron chi connectivity index (χ0n) is 15.3. The maximum absolute atomic E-state index is 13.7. The number of hydrogen-bond donors (Lipinski definition) is 3. The number of H-pyrrole nitrogens is 1. The van der Waals surface area contributed by atoms with Crippen molar-refractivity contribution in [3.63, 3.8) is 0 Å². The van der Waals surface area contributed by atoms with E-state index in [0.29, 0.717) is 24.0 Å². The first-order chi connectivity index (χ1) is 14.2. The highest BCUT2D eigenvalue weighted by molar-refractivity contribution is 6.00. The van der Waals surface area contributed by atoms with Crippen molar-refractivity contribution < 1.29 is 36.3 Å². The predicted molar refractivity (Wildman–Crippen MR) is 95.7 cm³/mol. The number of aromatic amines is 1. The molecule has 3 N–H and O–H groups in total. The number of fused-ring (bicyclic) bond motifs is 1. The highest BCUT2D eigenvalue weighted by Gasteiger charge is 2.29. The lowest BCUT2D eigenvalue weighted by Gasteiger charge is -2.07. The molecule has 11 heteroatoms. The Balaban J connectivity index is 1.86. The van der Waals surface area contributed by atoms with Gasteiger partial charge in [-0.25, -0.2) is 18.0 Å². The Labute approximate surface area is 166 Å². The SMILES string of the molecule is CNCCNC(=O)c1ccc2[nH]c(C(=O)Oc3c(F)c(F)c(F)c(F)c3F)cc2c1. The second-order valence-electron chi connectivity index (χ2n) is 6.13. The van der Waals surface area contributed by atoms with Crippen LogP contribution < -0.4 is 15.4 Å². The maximum atomic E-state index is 13.7. The van der Waals surface area contributed by atoms with Crippen molar-refractivity contribution in [3.05, 3.63) is 64.6 Å². The van der Waals surface area contributed by atoms with E-state index in [1.165, 1.54) is 24.3 Å².